The van der Waals surface area contributed by atoms with Crippen LogP contribution in [0.4, 0.5) is 0 Å². The number of halogens is 1. The van der Waals surface area contributed by atoms with E-state index in [0.717, 1.165) is 33.2 Å². The fourth-order valence-electron chi connectivity index (χ4n) is 1.98. The molecular weight excluding hydrogens is 280 g/mol. The number of benzene rings is 1. The van der Waals surface area contributed by atoms with Crippen molar-refractivity contribution in [2.24, 2.45) is 7.05 Å². The Kier molecular flexibility index (Phi) is 3.24. The van der Waals surface area contributed by atoms with Gasteiger partial charge in [-0.15, -0.1) is 0 Å². The fraction of sp³-hybridized carbons (Fsp3) is 0.231. The molecule has 98 valence electrons. The number of aryl methyl sites for hydroxylation is 2. The van der Waals surface area contributed by atoms with E-state index in [9.17, 15) is 0 Å². The third-order valence-corrected chi connectivity index (χ3v) is 4.36. The van der Waals surface area contributed by atoms with Crippen LogP contribution < -0.4 is 0 Å². The van der Waals surface area contributed by atoms with Gasteiger partial charge in [-0.2, -0.15) is 5.10 Å². The van der Waals surface area contributed by atoms with E-state index in [1.165, 1.54) is 0 Å². The maximum absolute atomic E-state index is 6.22. The topological polar surface area (TPSA) is 46.5 Å². The smallest absolute Gasteiger partial charge is 0.166 e. The van der Waals surface area contributed by atoms with Crippen LogP contribution in [0.3, 0.4) is 0 Å². The average Bonchev–Trinajstić information content (AvgIpc) is 2.90. The summed E-state index contributed by atoms with van der Waals surface area (Å²) in [5, 5.41) is 5.91. The van der Waals surface area contributed by atoms with Crippen LogP contribution in [0.5, 0.6) is 0 Å². The Hall–Kier alpha value is -1.46. The summed E-state index contributed by atoms with van der Waals surface area (Å²) in [6, 6.07) is 8.00. The van der Waals surface area contributed by atoms with Gasteiger partial charge in [-0.1, -0.05) is 35.5 Å². The number of rotatable bonds is 3. The van der Waals surface area contributed by atoms with Gasteiger partial charge in [0.25, 0.3) is 0 Å². The molecule has 3 aromatic rings. The number of hydrogen-bond acceptors (Lipinski definition) is 3. The van der Waals surface area contributed by atoms with Crippen molar-refractivity contribution in [3.05, 3.63) is 40.7 Å². The first kappa shape index (κ1) is 12.6. The molecule has 0 fully saturated rings. The lowest BCUT2D eigenvalue weighted by Crippen LogP contribution is -1.89. The zero-order valence-electron chi connectivity index (χ0n) is 10.6. The number of thioether (sulfide) groups is 1. The molecule has 0 atom stereocenters. The molecule has 2 aromatic heterocycles. The van der Waals surface area contributed by atoms with E-state index in [4.69, 9.17) is 11.6 Å². The maximum Gasteiger partial charge on any atom is 0.166 e. The van der Waals surface area contributed by atoms with E-state index in [-0.39, 0.29) is 0 Å². The van der Waals surface area contributed by atoms with Gasteiger partial charge in [0.2, 0.25) is 0 Å². The summed E-state index contributed by atoms with van der Waals surface area (Å²) in [5.74, 6) is 0.762. The van der Waals surface area contributed by atoms with Gasteiger partial charge < -0.3 is 4.98 Å². The highest BCUT2D eigenvalue weighted by molar-refractivity contribution is 7.98. The van der Waals surface area contributed by atoms with Crippen molar-refractivity contribution in [1.29, 1.82) is 0 Å². The monoisotopic (exact) mass is 292 g/mol. The fourth-order valence-corrected chi connectivity index (χ4v) is 3.27. The second-order valence-electron chi connectivity index (χ2n) is 4.33. The highest BCUT2D eigenvalue weighted by Crippen LogP contribution is 2.28. The Morgan fingerprint density at radius 1 is 1.37 bits per heavy atom. The minimum Gasteiger partial charge on any atom is -0.333 e. The minimum atomic E-state index is 0.695. The van der Waals surface area contributed by atoms with Crippen LogP contribution in [0.1, 0.15) is 11.3 Å². The van der Waals surface area contributed by atoms with Crippen molar-refractivity contribution in [1.82, 2.24) is 19.7 Å². The quantitative estimate of drug-likeness (QED) is 0.751. The van der Waals surface area contributed by atoms with Gasteiger partial charge in [-0.05, 0) is 19.1 Å². The summed E-state index contributed by atoms with van der Waals surface area (Å²) < 4.78 is 1.70. The van der Waals surface area contributed by atoms with Crippen LogP contribution in [0.15, 0.2) is 29.4 Å². The van der Waals surface area contributed by atoms with E-state index in [1.807, 2.05) is 38.2 Å². The molecule has 3 rings (SSSR count). The molecule has 0 spiro atoms. The van der Waals surface area contributed by atoms with E-state index in [0.29, 0.717) is 5.15 Å². The first-order chi connectivity index (χ1) is 9.15. The molecule has 6 heteroatoms. The molecule has 0 aliphatic carbocycles. The van der Waals surface area contributed by atoms with Crippen LogP contribution >= 0.6 is 23.4 Å². The Labute approximate surface area is 120 Å². The van der Waals surface area contributed by atoms with Crippen LogP contribution in [0, 0.1) is 6.92 Å². The van der Waals surface area contributed by atoms with Crippen molar-refractivity contribution in [3.8, 4) is 0 Å². The Morgan fingerprint density at radius 3 is 2.84 bits per heavy atom. The van der Waals surface area contributed by atoms with Crippen molar-refractivity contribution < 1.29 is 0 Å². The van der Waals surface area contributed by atoms with Gasteiger partial charge in [0, 0.05) is 18.4 Å². The zero-order chi connectivity index (χ0) is 13.4. The normalized spacial score (nSPS) is 11.3. The molecule has 0 aliphatic rings. The van der Waals surface area contributed by atoms with Crippen molar-refractivity contribution in [2.45, 2.75) is 17.8 Å². The van der Waals surface area contributed by atoms with Crippen molar-refractivity contribution >= 4 is 34.4 Å². The van der Waals surface area contributed by atoms with Crippen LogP contribution in [0.2, 0.25) is 5.15 Å². The van der Waals surface area contributed by atoms with Crippen LogP contribution in [0.25, 0.3) is 11.0 Å². The molecule has 0 saturated heterocycles. The Balaban J connectivity index is 1.82. The number of para-hydroxylation sites is 2. The van der Waals surface area contributed by atoms with E-state index in [2.05, 4.69) is 15.1 Å². The highest BCUT2D eigenvalue weighted by Gasteiger charge is 2.12. The van der Waals surface area contributed by atoms with Gasteiger partial charge >= 0.3 is 0 Å². The molecule has 0 radical (unpaired) electrons. The van der Waals surface area contributed by atoms with Crippen molar-refractivity contribution in [3.63, 3.8) is 0 Å². The van der Waals surface area contributed by atoms with E-state index >= 15 is 0 Å². The standard InChI is InChI=1S/C13H13ClN4S/c1-8-9(12(14)18(2)17-8)7-19-13-15-10-5-3-4-6-11(10)16-13/h3-6H,7H2,1-2H3,(H,15,16). The largest absolute Gasteiger partial charge is 0.333 e. The molecule has 0 aliphatic heterocycles. The third-order valence-electron chi connectivity index (χ3n) is 2.99. The predicted octanol–water partition coefficient (Wildman–Crippen LogP) is 3.55. The highest BCUT2D eigenvalue weighted by atomic mass is 35.5. The lowest BCUT2D eigenvalue weighted by molar-refractivity contribution is 0.757. The van der Waals surface area contributed by atoms with Gasteiger partial charge in [0.05, 0.1) is 16.7 Å². The molecule has 0 bridgehead atoms. The van der Waals surface area contributed by atoms with E-state index in [1.54, 1.807) is 16.4 Å². The number of aromatic amines is 1. The Bertz CT molecular complexity index is 698. The number of nitrogens with zero attached hydrogens (tertiary/aromatic N) is 3. The summed E-state index contributed by atoms with van der Waals surface area (Å²) in [6.07, 6.45) is 0. The summed E-state index contributed by atoms with van der Waals surface area (Å²) in [7, 11) is 1.85. The predicted molar refractivity (Wildman–Crippen MR) is 78.6 cm³/mol. The lowest BCUT2D eigenvalue weighted by Gasteiger charge is -1.98. The van der Waals surface area contributed by atoms with Gasteiger partial charge in [0.15, 0.2) is 5.16 Å². The number of H-pyrrole nitrogens is 1. The van der Waals surface area contributed by atoms with Crippen LogP contribution in [-0.2, 0) is 12.8 Å². The summed E-state index contributed by atoms with van der Waals surface area (Å²) in [5.41, 5.74) is 4.07. The Morgan fingerprint density at radius 2 is 2.16 bits per heavy atom. The number of imidazole rings is 1. The van der Waals surface area contributed by atoms with Crippen molar-refractivity contribution in [2.75, 3.05) is 0 Å². The zero-order valence-corrected chi connectivity index (χ0v) is 12.2. The molecule has 19 heavy (non-hydrogen) atoms. The minimum absolute atomic E-state index is 0.695. The third kappa shape index (κ3) is 2.35. The van der Waals surface area contributed by atoms with Gasteiger partial charge in [-0.3, -0.25) is 4.68 Å². The molecular formula is C13H13ClN4S. The first-order valence-electron chi connectivity index (χ1n) is 5.90. The molecule has 4 nitrogen and oxygen atoms in total. The number of fused-ring (bicyclic) bond motifs is 1. The van der Waals surface area contributed by atoms with Crippen LogP contribution in [-0.4, -0.2) is 19.7 Å². The summed E-state index contributed by atoms with van der Waals surface area (Å²) in [4.78, 5) is 7.82. The second kappa shape index (κ2) is 4.90. The number of aromatic nitrogens is 4. The summed E-state index contributed by atoms with van der Waals surface area (Å²) in [6.45, 7) is 1.97. The maximum atomic E-state index is 6.22. The summed E-state index contributed by atoms with van der Waals surface area (Å²) >= 11 is 7.85. The second-order valence-corrected chi connectivity index (χ2v) is 5.65. The molecule has 0 unspecified atom stereocenters. The average molecular weight is 293 g/mol. The molecule has 1 aromatic carbocycles. The number of hydrogen-bond donors (Lipinski definition) is 1. The van der Waals surface area contributed by atoms with Gasteiger partial charge in [-0.25, -0.2) is 4.98 Å². The number of nitrogens with one attached hydrogen (secondary N) is 1. The molecule has 1 N–H and O–H groups in total. The van der Waals surface area contributed by atoms with E-state index < -0.39 is 0 Å². The SMILES string of the molecule is Cc1nn(C)c(Cl)c1CSc1nc2ccccc2[nH]1. The molecule has 0 amide bonds. The molecule has 0 saturated carbocycles. The van der Waals surface area contributed by atoms with Gasteiger partial charge in [0.1, 0.15) is 5.15 Å². The molecule has 2 heterocycles. The first-order valence-corrected chi connectivity index (χ1v) is 7.27. The lowest BCUT2D eigenvalue weighted by atomic mass is 10.3.